The van der Waals surface area contributed by atoms with Crippen LogP contribution in [-0.2, 0) is 0 Å². The summed E-state index contributed by atoms with van der Waals surface area (Å²) in [4.78, 5) is 7.75. The van der Waals surface area contributed by atoms with E-state index in [1.807, 2.05) is 7.05 Å². The summed E-state index contributed by atoms with van der Waals surface area (Å²) < 4.78 is 0. The normalized spacial score (nSPS) is 7.50. The van der Waals surface area contributed by atoms with Crippen LogP contribution in [0.1, 0.15) is 0 Å². The van der Waals surface area contributed by atoms with E-state index >= 15 is 0 Å². The van der Waals surface area contributed by atoms with Crippen LogP contribution in [0.25, 0.3) is 0 Å². The molecule has 1 rings (SSSR count). The number of rotatable bonds is 2. The predicted molar refractivity (Wildman–Crippen MR) is 54.3 cm³/mol. The molecule has 12 heavy (non-hydrogen) atoms. The molecule has 1 aromatic rings. The molecule has 0 aromatic carbocycles. The van der Waals surface area contributed by atoms with Crippen molar-refractivity contribution in [3.63, 3.8) is 0 Å². The van der Waals surface area contributed by atoms with E-state index in [1.165, 1.54) is 5.49 Å². The number of hydrogen-bond donors (Lipinski definition) is 2. The van der Waals surface area contributed by atoms with Crippen molar-refractivity contribution in [2.45, 2.75) is 0 Å². The molecule has 5 heteroatoms. The molecule has 0 bridgehead atoms. The molecular formula is C7H12N4S. The van der Waals surface area contributed by atoms with Gasteiger partial charge in [-0.15, -0.1) is 0 Å². The van der Waals surface area contributed by atoms with Gasteiger partial charge in [0, 0.05) is 26.5 Å². The van der Waals surface area contributed by atoms with E-state index < -0.39 is 0 Å². The Bertz CT molecular complexity index is 202. The van der Waals surface area contributed by atoms with Gasteiger partial charge in [-0.2, -0.15) is 0 Å². The summed E-state index contributed by atoms with van der Waals surface area (Å²) in [7, 11) is 3.58. The van der Waals surface area contributed by atoms with E-state index in [0.29, 0.717) is 0 Å². The van der Waals surface area contributed by atoms with Crippen LogP contribution >= 0.6 is 12.2 Å². The van der Waals surface area contributed by atoms with Crippen LogP contribution in [-0.4, -0.2) is 29.6 Å². The van der Waals surface area contributed by atoms with Gasteiger partial charge in [-0.25, -0.2) is 4.98 Å². The molecule has 0 saturated carbocycles. The summed E-state index contributed by atoms with van der Waals surface area (Å²) in [6.45, 7) is 0. The summed E-state index contributed by atoms with van der Waals surface area (Å²) in [5.41, 5.74) is 1.46. The summed E-state index contributed by atoms with van der Waals surface area (Å²) in [6.07, 6.45) is 4.95. The average Bonchev–Trinajstić information content (AvgIpc) is 2.19. The zero-order valence-corrected chi connectivity index (χ0v) is 7.93. The highest BCUT2D eigenvalue weighted by molar-refractivity contribution is 7.78. The lowest BCUT2D eigenvalue weighted by Crippen LogP contribution is -1.95. The van der Waals surface area contributed by atoms with E-state index in [2.05, 4.69) is 32.8 Å². The topological polar surface area (TPSA) is 49.8 Å². The molecule has 0 aliphatic carbocycles. The van der Waals surface area contributed by atoms with Gasteiger partial charge in [-0.05, 0) is 0 Å². The minimum absolute atomic E-state index is 0.799. The summed E-state index contributed by atoms with van der Waals surface area (Å²) in [5, 5.41) is 5.47. The van der Waals surface area contributed by atoms with Crippen LogP contribution in [0.15, 0.2) is 18.6 Å². The van der Waals surface area contributed by atoms with Gasteiger partial charge in [0.2, 0.25) is 0 Å². The Morgan fingerprint density at radius 3 is 2.33 bits per heavy atom. The average molecular weight is 184 g/mol. The quantitative estimate of drug-likeness (QED) is 0.662. The number of thiocarbonyl (C=S) groups is 1. The lowest BCUT2D eigenvalue weighted by molar-refractivity contribution is 1.19. The monoisotopic (exact) mass is 184 g/mol. The van der Waals surface area contributed by atoms with Crippen molar-refractivity contribution >= 4 is 23.5 Å². The van der Waals surface area contributed by atoms with E-state index in [1.54, 1.807) is 25.6 Å². The number of nitrogens with zero attached hydrogens (tertiary/aromatic N) is 2. The number of nitrogens with one attached hydrogen (secondary N) is 2. The zero-order valence-electron chi connectivity index (χ0n) is 7.11. The van der Waals surface area contributed by atoms with Gasteiger partial charge < -0.3 is 10.6 Å². The van der Waals surface area contributed by atoms with Crippen LogP contribution in [0.5, 0.6) is 0 Å². The second-order valence-corrected chi connectivity index (χ2v) is 1.98. The van der Waals surface area contributed by atoms with Gasteiger partial charge in [0.15, 0.2) is 0 Å². The molecule has 0 amide bonds. The Hall–Kier alpha value is -1.23. The molecule has 0 spiro atoms. The Labute approximate surface area is 77.4 Å². The predicted octanol–water partition coefficient (Wildman–Crippen LogP) is 0.681. The van der Waals surface area contributed by atoms with Gasteiger partial charge in [-0.1, -0.05) is 12.2 Å². The standard InChI is InChI=1S/C5H7N3.C2H5NS/c1-6-5-4-7-2-3-8-5;1-3-2-4/h2-4H,1H3,(H,6,8);2H,1H3,(H,3,4). The van der Waals surface area contributed by atoms with Crippen molar-refractivity contribution in [1.82, 2.24) is 15.3 Å². The molecule has 0 aliphatic rings. The van der Waals surface area contributed by atoms with Crippen LogP contribution in [0.3, 0.4) is 0 Å². The summed E-state index contributed by atoms with van der Waals surface area (Å²) in [5.74, 6) is 0.799. The van der Waals surface area contributed by atoms with Gasteiger partial charge in [0.05, 0.1) is 11.7 Å². The fourth-order valence-electron chi connectivity index (χ4n) is 0.428. The first-order chi connectivity index (χ1) is 5.85. The zero-order chi connectivity index (χ0) is 9.23. The largest absolute Gasteiger partial charge is 0.385 e. The van der Waals surface area contributed by atoms with Gasteiger partial charge in [0.25, 0.3) is 0 Å². The van der Waals surface area contributed by atoms with Crippen molar-refractivity contribution in [3.05, 3.63) is 18.6 Å². The maximum atomic E-state index is 4.32. The van der Waals surface area contributed by atoms with Crippen molar-refractivity contribution in [2.75, 3.05) is 19.4 Å². The number of hydrogen-bond acceptors (Lipinski definition) is 4. The van der Waals surface area contributed by atoms with Crippen molar-refractivity contribution < 1.29 is 0 Å². The highest BCUT2D eigenvalue weighted by Crippen LogP contribution is 1.91. The highest BCUT2D eigenvalue weighted by atomic mass is 32.1. The summed E-state index contributed by atoms with van der Waals surface area (Å²) in [6, 6.07) is 0. The lowest BCUT2D eigenvalue weighted by Gasteiger charge is -1.92. The maximum absolute atomic E-state index is 4.32. The second-order valence-electron chi connectivity index (χ2n) is 1.75. The first kappa shape index (κ1) is 10.8. The smallest absolute Gasteiger partial charge is 0.144 e. The molecule has 0 saturated heterocycles. The van der Waals surface area contributed by atoms with E-state index in [4.69, 9.17) is 0 Å². The Morgan fingerprint density at radius 2 is 2.08 bits per heavy atom. The molecule has 66 valence electrons. The Morgan fingerprint density at radius 1 is 1.42 bits per heavy atom. The molecular weight excluding hydrogens is 172 g/mol. The summed E-state index contributed by atoms with van der Waals surface area (Å²) >= 11 is 4.32. The van der Waals surface area contributed by atoms with Crippen molar-refractivity contribution in [3.8, 4) is 0 Å². The Kier molecular flexibility index (Phi) is 7.07. The first-order valence-electron chi connectivity index (χ1n) is 3.39. The fraction of sp³-hybridized carbons (Fsp3) is 0.286. The molecule has 2 N–H and O–H groups in total. The third-order valence-electron chi connectivity index (χ3n) is 0.937. The maximum Gasteiger partial charge on any atom is 0.144 e. The minimum Gasteiger partial charge on any atom is -0.385 e. The molecule has 0 radical (unpaired) electrons. The van der Waals surface area contributed by atoms with E-state index in [0.717, 1.165) is 5.82 Å². The highest BCUT2D eigenvalue weighted by Gasteiger charge is 1.80. The molecule has 1 heterocycles. The van der Waals surface area contributed by atoms with Crippen LogP contribution < -0.4 is 10.6 Å². The van der Waals surface area contributed by atoms with Gasteiger partial charge in [0.1, 0.15) is 5.82 Å². The number of anilines is 1. The molecule has 0 fully saturated rings. The first-order valence-corrected chi connectivity index (χ1v) is 3.87. The van der Waals surface area contributed by atoms with Crippen molar-refractivity contribution in [2.24, 2.45) is 0 Å². The molecule has 0 aliphatic heterocycles. The van der Waals surface area contributed by atoms with E-state index in [9.17, 15) is 0 Å². The van der Waals surface area contributed by atoms with E-state index in [-0.39, 0.29) is 0 Å². The number of aromatic nitrogens is 2. The SMILES string of the molecule is CNC=S.CNc1cnccn1. The third-order valence-corrected chi connectivity index (χ3v) is 1.17. The van der Waals surface area contributed by atoms with Crippen LogP contribution in [0.4, 0.5) is 5.82 Å². The van der Waals surface area contributed by atoms with Gasteiger partial charge >= 0.3 is 0 Å². The van der Waals surface area contributed by atoms with Crippen LogP contribution in [0, 0.1) is 0 Å². The third kappa shape index (κ3) is 5.55. The van der Waals surface area contributed by atoms with Crippen LogP contribution in [0.2, 0.25) is 0 Å². The molecule has 1 aromatic heterocycles. The second kappa shape index (κ2) is 7.87. The van der Waals surface area contributed by atoms with Crippen molar-refractivity contribution in [1.29, 1.82) is 0 Å². The fourth-order valence-corrected chi connectivity index (χ4v) is 0.428. The molecule has 0 atom stereocenters. The Balaban J connectivity index is 0.000000261. The minimum atomic E-state index is 0.799. The molecule has 0 unspecified atom stereocenters. The molecule has 4 nitrogen and oxygen atoms in total. The lowest BCUT2D eigenvalue weighted by atomic mass is 10.7. The van der Waals surface area contributed by atoms with Gasteiger partial charge in [-0.3, -0.25) is 4.98 Å².